The van der Waals surface area contributed by atoms with E-state index in [-0.39, 0.29) is 18.4 Å². The highest BCUT2D eigenvalue weighted by Gasteiger charge is 2.28. The van der Waals surface area contributed by atoms with Gasteiger partial charge >= 0.3 is 0 Å². The van der Waals surface area contributed by atoms with Crippen LogP contribution in [0.3, 0.4) is 0 Å². The predicted octanol–water partition coefficient (Wildman–Crippen LogP) is 2.51. The molecule has 6 nitrogen and oxygen atoms in total. The third kappa shape index (κ3) is 9.99. The lowest BCUT2D eigenvalue weighted by Crippen LogP contribution is -2.51. The molecule has 0 aliphatic carbocycles. The zero-order valence-electron chi connectivity index (χ0n) is 16.9. The quantitative estimate of drug-likeness (QED) is 0.488. The Morgan fingerprint density at radius 2 is 1.74 bits per heavy atom. The van der Waals surface area contributed by atoms with Crippen molar-refractivity contribution < 1.29 is 19.4 Å². The van der Waals surface area contributed by atoms with Crippen molar-refractivity contribution >= 4 is 11.8 Å². The molecule has 1 aromatic carbocycles. The van der Waals surface area contributed by atoms with Crippen LogP contribution in [0.1, 0.15) is 47.0 Å². The summed E-state index contributed by atoms with van der Waals surface area (Å²) in [7, 11) is 0. The third-order valence-corrected chi connectivity index (χ3v) is 4.08. The van der Waals surface area contributed by atoms with Crippen LogP contribution >= 0.6 is 0 Å². The Labute approximate surface area is 162 Å². The molecule has 0 aliphatic heterocycles. The van der Waals surface area contributed by atoms with Gasteiger partial charge in [-0.1, -0.05) is 45.9 Å². The van der Waals surface area contributed by atoms with Crippen molar-refractivity contribution in [3.8, 4) is 5.75 Å². The number of carbonyl (C=O) groups is 2. The van der Waals surface area contributed by atoms with E-state index in [1.807, 2.05) is 44.2 Å². The van der Waals surface area contributed by atoms with Crippen molar-refractivity contribution in [3.63, 3.8) is 0 Å². The van der Waals surface area contributed by atoms with E-state index >= 15 is 0 Å². The standard InChI is InChI=1S/C21H34N2O4/c1-15(2)10-11-19(24)23-18(14-16(3)4)20(25)21(26)22-12-13-27-17-8-6-5-7-9-17/h5-9,15-16,18,20,25H,10-14H2,1-4H3,(H,22,26)(H,23,24)/t18-,20?/m0/s1. The van der Waals surface area contributed by atoms with Crippen LogP contribution in [0.25, 0.3) is 0 Å². The number of carbonyl (C=O) groups excluding carboxylic acids is 2. The second-order valence-electron chi connectivity index (χ2n) is 7.63. The maximum absolute atomic E-state index is 12.3. The third-order valence-electron chi connectivity index (χ3n) is 4.08. The van der Waals surface area contributed by atoms with Crippen LogP contribution in [-0.4, -0.2) is 42.2 Å². The highest BCUT2D eigenvalue weighted by atomic mass is 16.5. The van der Waals surface area contributed by atoms with Crippen molar-refractivity contribution in [1.82, 2.24) is 10.6 Å². The molecule has 3 N–H and O–H groups in total. The summed E-state index contributed by atoms with van der Waals surface area (Å²) >= 11 is 0. The number of rotatable bonds is 12. The number of para-hydroxylation sites is 1. The molecule has 1 aromatic rings. The molecule has 0 saturated carbocycles. The van der Waals surface area contributed by atoms with Crippen LogP contribution < -0.4 is 15.4 Å². The predicted molar refractivity (Wildman–Crippen MR) is 106 cm³/mol. The molecule has 1 rings (SSSR count). The Morgan fingerprint density at radius 3 is 2.33 bits per heavy atom. The molecule has 2 amide bonds. The van der Waals surface area contributed by atoms with Gasteiger partial charge in [-0.15, -0.1) is 0 Å². The van der Waals surface area contributed by atoms with Crippen LogP contribution in [0.4, 0.5) is 0 Å². The van der Waals surface area contributed by atoms with Crippen molar-refractivity contribution in [2.75, 3.05) is 13.2 Å². The van der Waals surface area contributed by atoms with Gasteiger partial charge in [0.2, 0.25) is 5.91 Å². The fourth-order valence-electron chi connectivity index (χ4n) is 2.62. The number of ether oxygens (including phenoxy) is 1. The summed E-state index contributed by atoms with van der Waals surface area (Å²) in [5.74, 6) is 0.763. The van der Waals surface area contributed by atoms with Gasteiger partial charge in [-0.2, -0.15) is 0 Å². The number of nitrogens with one attached hydrogen (secondary N) is 2. The van der Waals surface area contributed by atoms with Crippen molar-refractivity contribution in [2.45, 2.75) is 59.1 Å². The van der Waals surface area contributed by atoms with Gasteiger partial charge in [0.25, 0.3) is 5.91 Å². The van der Waals surface area contributed by atoms with E-state index < -0.39 is 18.1 Å². The Hall–Kier alpha value is -2.08. The van der Waals surface area contributed by atoms with E-state index in [9.17, 15) is 14.7 Å². The molecule has 0 aliphatic rings. The number of aliphatic hydroxyl groups is 1. The minimum atomic E-state index is -1.29. The number of hydrogen-bond donors (Lipinski definition) is 3. The Balaban J connectivity index is 2.46. The molecule has 152 valence electrons. The molecule has 0 fully saturated rings. The smallest absolute Gasteiger partial charge is 0.251 e. The van der Waals surface area contributed by atoms with Crippen LogP contribution in [0.2, 0.25) is 0 Å². The van der Waals surface area contributed by atoms with Gasteiger partial charge in [0.15, 0.2) is 6.10 Å². The number of amides is 2. The summed E-state index contributed by atoms with van der Waals surface area (Å²) in [5.41, 5.74) is 0. The first kappa shape index (κ1) is 23.0. The zero-order chi connectivity index (χ0) is 20.2. The fraction of sp³-hybridized carbons (Fsp3) is 0.619. The van der Waals surface area contributed by atoms with E-state index in [1.54, 1.807) is 0 Å². The zero-order valence-corrected chi connectivity index (χ0v) is 16.9. The lowest BCUT2D eigenvalue weighted by Gasteiger charge is -2.25. The van der Waals surface area contributed by atoms with Gasteiger partial charge in [-0.25, -0.2) is 0 Å². The molecule has 0 radical (unpaired) electrons. The molecule has 0 spiro atoms. The first-order valence-electron chi connectivity index (χ1n) is 9.72. The van der Waals surface area contributed by atoms with Gasteiger partial charge in [0.05, 0.1) is 12.6 Å². The second-order valence-corrected chi connectivity index (χ2v) is 7.63. The van der Waals surface area contributed by atoms with Gasteiger partial charge in [-0.05, 0) is 36.8 Å². The number of aliphatic hydroxyl groups excluding tert-OH is 1. The first-order valence-corrected chi connectivity index (χ1v) is 9.72. The Bertz CT molecular complexity index is 561. The SMILES string of the molecule is CC(C)CCC(=O)N[C@@H](CC(C)C)C(O)C(=O)NCCOc1ccccc1. The van der Waals surface area contributed by atoms with Gasteiger partial charge in [0.1, 0.15) is 12.4 Å². The summed E-state index contributed by atoms with van der Waals surface area (Å²) < 4.78 is 5.51. The summed E-state index contributed by atoms with van der Waals surface area (Å²) in [4.78, 5) is 24.4. The van der Waals surface area contributed by atoms with E-state index in [4.69, 9.17) is 4.74 Å². The molecule has 0 bridgehead atoms. The summed E-state index contributed by atoms with van der Waals surface area (Å²) in [6, 6.07) is 8.71. The van der Waals surface area contributed by atoms with E-state index in [2.05, 4.69) is 24.5 Å². The second kappa shape index (κ2) is 12.3. The Kier molecular flexibility index (Phi) is 10.5. The van der Waals surface area contributed by atoms with E-state index in [1.165, 1.54) is 0 Å². The maximum Gasteiger partial charge on any atom is 0.251 e. The van der Waals surface area contributed by atoms with Crippen LogP contribution in [0.15, 0.2) is 30.3 Å². The van der Waals surface area contributed by atoms with Gasteiger partial charge in [0, 0.05) is 6.42 Å². The fourth-order valence-corrected chi connectivity index (χ4v) is 2.62. The minimum absolute atomic E-state index is 0.131. The lowest BCUT2D eigenvalue weighted by molar-refractivity contribution is -0.132. The number of hydrogen-bond acceptors (Lipinski definition) is 4. The van der Waals surface area contributed by atoms with Gasteiger partial charge in [-0.3, -0.25) is 9.59 Å². The Morgan fingerprint density at radius 1 is 1.07 bits per heavy atom. The largest absolute Gasteiger partial charge is 0.492 e. The molecular weight excluding hydrogens is 344 g/mol. The molecule has 0 aromatic heterocycles. The molecule has 1 unspecified atom stereocenters. The van der Waals surface area contributed by atoms with Crippen LogP contribution in [-0.2, 0) is 9.59 Å². The lowest BCUT2D eigenvalue weighted by atomic mass is 9.98. The van der Waals surface area contributed by atoms with Crippen molar-refractivity contribution in [3.05, 3.63) is 30.3 Å². The summed E-state index contributed by atoms with van der Waals surface area (Å²) in [6.45, 7) is 8.67. The van der Waals surface area contributed by atoms with E-state index in [0.717, 1.165) is 12.2 Å². The van der Waals surface area contributed by atoms with Crippen LogP contribution in [0.5, 0.6) is 5.75 Å². The van der Waals surface area contributed by atoms with Crippen molar-refractivity contribution in [1.29, 1.82) is 0 Å². The van der Waals surface area contributed by atoms with E-state index in [0.29, 0.717) is 25.4 Å². The molecule has 0 heterocycles. The van der Waals surface area contributed by atoms with Crippen molar-refractivity contribution in [2.24, 2.45) is 11.8 Å². The molecule has 0 saturated heterocycles. The van der Waals surface area contributed by atoms with Crippen LogP contribution in [0, 0.1) is 11.8 Å². The highest BCUT2D eigenvalue weighted by Crippen LogP contribution is 2.11. The molecule has 2 atom stereocenters. The number of benzene rings is 1. The minimum Gasteiger partial charge on any atom is -0.492 e. The molecular formula is C21H34N2O4. The average molecular weight is 379 g/mol. The first-order chi connectivity index (χ1) is 12.8. The van der Waals surface area contributed by atoms with Gasteiger partial charge < -0.3 is 20.5 Å². The topological polar surface area (TPSA) is 87.7 Å². The summed E-state index contributed by atoms with van der Waals surface area (Å²) in [5, 5.41) is 15.9. The molecule has 6 heteroatoms. The normalized spacial score (nSPS) is 13.3. The highest BCUT2D eigenvalue weighted by molar-refractivity contribution is 5.83. The maximum atomic E-state index is 12.3. The molecule has 27 heavy (non-hydrogen) atoms. The average Bonchev–Trinajstić information content (AvgIpc) is 2.62. The monoisotopic (exact) mass is 378 g/mol. The summed E-state index contributed by atoms with van der Waals surface area (Å²) in [6.07, 6.45) is 0.417.